The Kier molecular flexibility index (Phi) is 4.44. The molecule has 0 saturated carbocycles. The van der Waals surface area contributed by atoms with Gasteiger partial charge in [0.25, 0.3) is 0 Å². The number of hydrogen-bond acceptors (Lipinski definition) is 3. The summed E-state index contributed by atoms with van der Waals surface area (Å²) in [4.78, 5) is 12.3. The third-order valence-corrected chi connectivity index (χ3v) is 3.00. The fourth-order valence-electron chi connectivity index (χ4n) is 1.97. The number of benzene rings is 2. The molecule has 0 saturated heterocycles. The van der Waals surface area contributed by atoms with Crippen molar-refractivity contribution in [3.63, 3.8) is 0 Å². The molecular formula is C16H16O3. The summed E-state index contributed by atoms with van der Waals surface area (Å²) in [6.07, 6.45) is -1.87. The van der Waals surface area contributed by atoms with E-state index < -0.39 is 12.2 Å². The molecule has 3 nitrogen and oxygen atoms in total. The zero-order chi connectivity index (χ0) is 13.7. The van der Waals surface area contributed by atoms with Crippen molar-refractivity contribution in [2.75, 3.05) is 7.11 Å². The third-order valence-electron chi connectivity index (χ3n) is 3.00. The van der Waals surface area contributed by atoms with Crippen molar-refractivity contribution < 1.29 is 14.6 Å². The van der Waals surface area contributed by atoms with Crippen LogP contribution in [0.5, 0.6) is 0 Å². The summed E-state index contributed by atoms with van der Waals surface area (Å²) in [5, 5.41) is 10.3. The van der Waals surface area contributed by atoms with E-state index in [4.69, 9.17) is 4.74 Å². The van der Waals surface area contributed by atoms with Gasteiger partial charge in [-0.15, -0.1) is 0 Å². The molecule has 1 N–H and O–H groups in total. The van der Waals surface area contributed by atoms with E-state index in [0.29, 0.717) is 11.1 Å². The smallest absolute Gasteiger partial charge is 0.194 e. The van der Waals surface area contributed by atoms with Crippen LogP contribution >= 0.6 is 0 Å². The van der Waals surface area contributed by atoms with Gasteiger partial charge in [-0.2, -0.15) is 0 Å². The average molecular weight is 256 g/mol. The molecular weight excluding hydrogens is 240 g/mol. The van der Waals surface area contributed by atoms with Gasteiger partial charge in [0.05, 0.1) is 0 Å². The number of hydrogen-bond donors (Lipinski definition) is 1. The summed E-state index contributed by atoms with van der Waals surface area (Å²) in [5.41, 5.74) is 1.20. The van der Waals surface area contributed by atoms with E-state index in [0.717, 1.165) is 0 Å². The number of ether oxygens (including phenoxy) is 1. The van der Waals surface area contributed by atoms with Crippen molar-refractivity contribution in [3.05, 3.63) is 71.8 Å². The summed E-state index contributed by atoms with van der Waals surface area (Å²) in [6, 6.07) is 17.9. The van der Waals surface area contributed by atoms with Crippen LogP contribution in [-0.2, 0) is 4.74 Å². The van der Waals surface area contributed by atoms with Gasteiger partial charge in [0.1, 0.15) is 12.2 Å². The first-order chi connectivity index (χ1) is 9.24. The second-order valence-corrected chi connectivity index (χ2v) is 4.24. The summed E-state index contributed by atoms with van der Waals surface area (Å²) in [6.45, 7) is 0. The molecule has 0 bridgehead atoms. The highest BCUT2D eigenvalue weighted by molar-refractivity contribution is 5.99. The van der Waals surface area contributed by atoms with Crippen molar-refractivity contribution in [2.45, 2.75) is 12.2 Å². The number of carbonyl (C=O) groups excluding carboxylic acids is 1. The Morgan fingerprint density at radius 2 is 1.53 bits per heavy atom. The highest BCUT2D eigenvalue weighted by Gasteiger charge is 2.28. The number of rotatable bonds is 5. The Morgan fingerprint density at radius 3 is 2.05 bits per heavy atom. The van der Waals surface area contributed by atoms with E-state index >= 15 is 0 Å². The van der Waals surface area contributed by atoms with Gasteiger partial charge in [0.15, 0.2) is 5.78 Å². The predicted octanol–water partition coefficient (Wildman–Crippen LogP) is 2.62. The number of ketones is 1. The first-order valence-electron chi connectivity index (χ1n) is 6.09. The van der Waals surface area contributed by atoms with Crippen molar-refractivity contribution in [3.8, 4) is 0 Å². The fourth-order valence-corrected chi connectivity index (χ4v) is 1.97. The molecule has 0 fully saturated rings. The lowest BCUT2D eigenvalue weighted by atomic mass is 9.97. The molecule has 0 aliphatic rings. The van der Waals surface area contributed by atoms with Gasteiger partial charge in [-0.05, 0) is 5.56 Å². The molecule has 0 spiro atoms. The van der Waals surface area contributed by atoms with Crippen molar-refractivity contribution in [1.82, 2.24) is 0 Å². The van der Waals surface area contributed by atoms with E-state index in [-0.39, 0.29) is 5.78 Å². The summed E-state index contributed by atoms with van der Waals surface area (Å²) < 4.78 is 5.18. The molecule has 19 heavy (non-hydrogen) atoms. The Morgan fingerprint density at radius 1 is 1.00 bits per heavy atom. The Labute approximate surface area is 112 Å². The minimum Gasteiger partial charge on any atom is -0.385 e. The van der Waals surface area contributed by atoms with E-state index in [1.54, 1.807) is 36.4 Å². The van der Waals surface area contributed by atoms with Gasteiger partial charge in [0.2, 0.25) is 0 Å². The van der Waals surface area contributed by atoms with Crippen LogP contribution in [0.4, 0.5) is 0 Å². The van der Waals surface area contributed by atoms with Gasteiger partial charge >= 0.3 is 0 Å². The van der Waals surface area contributed by atoms with Crippen LogP contribution < -0.4 is 0 Å². The van der Waals surface area contributed by atoms with Crippen LogP contribution in [0.25, 0.3) is 0 Å². The van der Waals surface area contributed by atoms with Gasteiger partial charge in [-0.3, -0.25) is 4.79 Å². The van der Waals surface area contributed by atoms with Crippen LogP contribution in [0.1, 0.15) is 22.0 Å². The van der Waals surface area contributed by atoms with Gasteiger partial charge in [0, 0.05) is 12.7 Å². The van der Waals surface area contributed by atoms with Crippen molar-refractivity contribution in [2.24, 2.45) is 0 Å². The van der Waals surface area contributed by atoms with Crippen LogP contribution in [0.3, 0.4) is 0 Å². The quantitative estimate of drug-likeness (QED) is 0.836. The van der Waals surface area contributed by atoms with E-state index in [9.17, 15) is 9.90 Å². The van der Waals surface area contributed by atoms with Gasteiger partial charge < -0.3 is 9.84 Å². The number of aliphatic hydroxyl groups excluding tert-OH is 1. The molecule has 2 aromatic rings. The minimum atomic E-state index is -0.973. The average Bonchev–Trinajstić information content (AvgIpc) is 2.49. The molecule has 98 valence electrons. The van der Waals surface area contributed by atoms with Crippen LogP contribution in [0.2, 0.25) is 0 Å². The zero-order valence-corrected chi connectivity index (χ0v) is 10.7. The van der Waals surface area contributed by atoms with E-state index in [1.807, 2.05) is 24.3 Å². The van der Waals surface area contributed by atoms with Crippen molar-refractivity contribution in [1.29, 1.82) is 0 Å². The molecule has 0 heterocycles. The number of methoxy groups -OCH3 is 1. The topological polar surface area (TPSA) is 46.5 Å². The van der Waals surface area contributed by atoms with E-state index in [1.165, 1.54) is 7.11 Å². The molecule has 0 aliphatic carbocycles. The fraction of sp³-hybridized carbons (Fsp3) is 0.188. The first kappa shape index (κ1) is 13.5. The van der Waals surface area contributed by atoms with Crippen LogP contribution in [0, 0.1) is 0 Å². The standard InChI is InChI=1S/C16H16O3/c1-19-16(14(17)12-8-4-2-5-9-12)15(18)13-10-6-3-7-11-13/h2-11,14,16-17H,1H3/t14-,16-/m0/s1. The van der Waals surface area contributed by atoms with Gasteiger partial charge in [-0.1, -0.05) is 60.7 Å². The Hall–Kier alpha value is -1.97. The monoisotopic (exact) mass is 256 g/mol. The predicted molar refractivity (Wildman–Crippen MR) is 73.0 cm³/mol. The lowest BCUT2D eigenvalue weighted by Crippen LogP contribution is -2.30. The lowest BCUT2D eigenvalue weighted by Gasteiger charge is -2.20. The molecule has 2 aromatic carbocycles. The SMILES string of the molecule is CO[C@H](C(=O)c1ccccc1)[C@@H](O)c1ccccc1. The van der Waals surface area contributed by atoms with E-state index in [2.05, 4.69) is 0 Å². The largest absolute Gasteiger partial charge is 0.385 e. The summed E-state index contributed by atoms with van der Waals surface area (Å²) in [7, 11) is 1.43. The highest BCUT2D eigenvalue weighted by Crippen LogP contribution is 2.21. The zero-order valence-electron chi connectivity index (χ0n) is 10.7. The summed E-state index contributed by atoms with van der Waals surface area (Å²) in [5.74, 6) is -0.223. The molecule has 0 radical (unpaired) electrons. The second kappa shape index (κ2) is 6.27. The maximum atomic E-state index is 12.3. The van der Waals surface area contributed by atoms with Crippen molar-refractivity contribution >= 4 is 5.78 Å². The van der Waals surface area contributed by atoms with Crippen LogP contribution in [0.15, 0.2) is 60.7 Å². The number of aliphatic hydroxyl groups is 1. The third kappa shape index (κ3) is 3.08. The molecule has 2 rings (SSSR count). The van der Waals surface area contributed by atoms with Crippen LogP contribution in [-0.4, -0.2) is 24.1 Å². The molecule has 0 amide bonds. The maximum Gasteiger partial charge on any atom is 0.194 e. The maximum absolute atomic E-state index is 12.3. The normalized spacial score (nSPS) is 13.8. The Bertz CT molecular complexity index is 522. The molecule has 0 aliphatic heterocycles. The highest BCUT2D eigenvalue weighted by atomic mass is 16.5. The second-order valence-electron chi connectivity index (χ2n) is 4.24. The minimum absolute atomic E-state index is 0.223. The lowest BCUT2D eigenvalue weighted by molar-refractivity contribution is -0.00261. The van der Waals surface area contributed by atoms with Gasteiger partial charge in [-0.25, -0.2) is 0 Å². The molecule has 2 atom stereocenters. The first-order valence-corrected chi connectivity index (χ1v) is 6.09. The Balaban J connectivity index is 2.23. The number of Topliss-reactive ketones (excluding diaryl/α,β-unsaturated/α-hetero) is 1. The molecule has 3 heteroatoms. The number of carbonyl (C=O) groups is 1. The molecule has 0 aromatic heterocycles. The molecule has 0 unspecified atom stereocenters. The summed E-state index contributed by atoms with van der Waals surface area (Å²) >= 11 is 0.